The molecule has 2 N–H and O–H groups in total. The van der Waals surface area contributed by atoms with Gasteiger partial charge in [0.2, 0.25) is 5.91 Å². The number of nitrogens with one attached hydrogen (secondary N) is 1. The van der Waals surface area contributed by atoms with Crippen molar-refractivity contribution in [2.45, 2.75) is 19.9 Å². The van der Waals surface area contributed by atoms with Crippen LogP contribution in [0, 0.1) is 0 Å². The summed E-state index contributed by atoms with van der Waals surface area (Å²) in [4.78, 5) is 37.8. The van der Waals surface area contributed by atoms with Crippen LogP contribution in [0.1, 0.15) is 13.8 Å². The molecular formula is C12H17N3O4. The number of carboxylic acid groups (broad SMARTS) is 1. The molecule has 2 heterocycles. The largest absolute Gasteiger partial charge is 0.478 e. The van der Waals surface area contributed by atoms with E-state index in [9.17, 15) is 14.4 Å². The van der Waals surface area contributed by atoms with Crippen molar-refractivity contribution in [3.05, 3.63) is 11.1 Å². The predicted molar refractivity (Wildman–Crippen MR) is 66.5 cm³/mol. The zero-order valence-corrected chi connectivity index (χ0v) is 11.0. The minimum Gasteiger partial charge on any atom is -0.478 e. The molecule has 1 unspecified atom stereocenters. The van der Waals surface area contributed by atoms with Gasteiger partial charge in [0, 0.05) is 37.3 Å². The molecule has 0 aromatic heterocycles. The Morgan fingerprint density at radius 1 is 1.26 bits per heavy atom. The van der Waals surface area contributed by atoms with Crippen molar-refractivity contribution in [3.63, 3.8) is 0 Å². The highest BCUT2D eigenvalue weighted by Gasteiger charge is 2.37. The van der Waals surface area contributed by atoms with Gasteiger partial charge in [-0.25, -0.2) is 9.59 Å². The zero-order valence-electron chi connectivity index (χ0n) is 11.0. The Morgan fingerprint density at radius 2 is 1.95 bits per heavy atom. The van der Waals surface area contributed by atoms with Gasteiger partial charge in [-0.05, 0) is 13.8 Å². The summed E-state index contributed by atoms with van der Waals surface area (Å²) in [6, 6.07) is -0.103. The van der Waals surface area contributed by atoms with E-state index in [0.717, 1.165) is 0 Å². The summed E-state index contributed by atoms with van der Waals surface area (Å²) in [6.07, 6.45) is 0. The van der Waals surface area contributed by atoms with Crippen molar-refractivity contribution in [2.75, 3.05) is 26.2 Å². The first-order chi connectivity index (χ1) is 8.91. The predicted octanol–water partition coefficient (Wildman–Crippen LogP) is -0.357. The molecule has 0 aromatic carbocycles. The van der Waals surface area contributed by atoms with E-state index >= 15 is 0 Å². The lowest BCUT2D eigenvalue weighted by atomic mass is 10.1. The fraction of sp³-hybridized carbons (Fsp3) is 0.583. The van der Waals surface area contributed by atoms with Crippen LogP contribution in [-0.2, 0) is 9.59 Å². The van der Waals surface area contributed by atoms with Crippen LogP contribution in [0.15, 0.2) is 11.1 Å². The number of carboxylic acids is 1. The Bertz CT molecular complexity index is 472. The van der Waals surface area contributed by atoms with Crippen molar-refractivity contribution in [2.24, 2.45) is 0 Å². The Kier molecular flexibility index (Phi) is 3.46. The maximum atomic E-state index is 12.2. The van der Waals surface area contributed by atoms with E-state index in [1.807, 2.05) is 0 Å². The highest BCUT2D eigenvalue weighted by molar-refractivity contribution is 6.01. The zero-order chi connectivity index (χ0) is 14.2. The molecule has 0 aromatic rings. The van der Waals surface area contributed by atoms with Crippen molar-refractivity contribution >= 4 is 17.9 Å². The van der Waals surface area contributed by atoms with Crippen LogP contribution in [-0.4, -0.2) is 65.0 Å². The molecule has 2 aliphatic heterocycles. The number of carbonyl (C=O) groups excluding carboxylic acids is 2. The van der Waals surface area contributed by atoms with E-state index in [2.05, 4.69) is 5.32 Å². The molecule has 3 amide bonds. The number of aliphatic carboxylic acids is 1. The molecule has 0 radical (unpaired) electrons. The van der Waals surface area contributed by atoms with Crippen LogP contribution >= 0.6 is 0 Å². The maximum absolute atomic E-state index is 12.2. The molecule has 1 atom stereocenters. The number of urea groups is 1. The number of carbonyl (C=O) groups is 3. The van der Waals surface area contributed by atoms with Crippen LogP contribution in [0.5, 0.6) is 0 Å². The van der Waals surface area contributed by atoms with Crippen LogP contribution in [0.2, 0.25) is 0 Å². The third-order valence-electron chi connectivity index (χ3n) is 3.72. The number of amides is 3. The van der Waals surface area contributed by atoms with Gasteiger partial charge in [0.05, 0.1) is 6.04 Å². The summed E-state index contributed by atoms with van der Waals surface area (Å²) < 4.78 is 0. The van der Waals surface area contributed by atoms with Gasteiger partial charge in [-0.2, -0.15) is 0 Å². The van der Waals surface area contributed by atoms with Gasteiger partial charge in [0.25, 0.3) is 0 Å². The lowest BCUT2D eigenvalue weighted by Gasteiger charge is -2.36. The lowest BCUT2D eigenvalue weighted by molar-refractivity contribution is -0.134. The van der Waals surface area contributed by atoms with E-state index in [4.69, 9.17) is 5.11 Å². The minimum absolute atomic E-state index is 0.0110. The SMILES string of the molecule is CC(C(=O)O)=C(C)C(=O)N1CCN2C(=O)NCC2C1. The molecule has 104 valence electrons. The van der Waals surface area contributed by atoms with Gasteiger partial charge in [-0.1, -0.05) is 0 Å². The molecule has 2 rings (SSSR count). The van der Waals surface area contributed by atoms with Gasteiger partial charge in [-0.3, -0.25) is 4.79 Å². The fourth-order valence-corrected chi connectivity index (χ4v) is 2.35. The number of piperazine rings is 1. The average molecular weight is 267 g/mol. The van der Waals surface area contributed by atoms with E-state index in [-0.39, 0.29) is 29.1 Å². The monoisotopic (exact) mass is 267 g/mol. The average Bonchev–Trinajstić information content (AvgIpc) is 2.77. The first-order valence-electron chi connectivity index (χ1n) is 6.16. The maximum Gasteiger partial charge on any atom is 0.331 e. The van der Waals surface area contributed by atoms with Crippen LogP contribution < -0.4 is 5.32 Å². The first kappa shape index (κ1) is 13.4. The molecular weight excluding hydrogens is 250 g/mol. The second-order valence-electron chi connectivity index (χ2n) is 4.84. The molecule has 7 heteroatoms. The summed E-state index contributed by atoms with van der Waals surface area (Å²) in [6.45, 7) is 4.85. The smallest absolute Gasteiger partial charge is 0.331 e. The number of nitrogens with zero attached hydrogens (tertiary/aromatic N) is 2. The molecule has 7 nitrogen and oxygen atoms in total. The third kappa shape index (κ3) is 2.40. The summed E-state index contributed by atoms with van der Waals surface area (Å²) in [5, 5.41) is 11.6. The third-order valence-corrected chi connectivity index (χ3v) is 3.72. The van der Waals surface area contributed by atoms with Gasteiger partial charge < -0.3 is 20.2 Å². The molecule has 0 saturated carbocycles. The second kappa shape index (κ2) is 4.91. The number of rotatable bonds is 2. The molecule has 2 aliphatic rings. The lowest BCUT2D eigenvalue weighted by Crippen LogP contribution is -2.54. The van der Waals surface area contributed by atoms with Crippen molar-refractivity contribution in [1.82, 2.24) is 15.1 Å². The number of hydrogen-bond acceptors (Lipinski definition) is 3. The fourth-order valence-electron chi connectivity index (χ4n) is 2.35. The molecule has 19 heavy (non-hydrogen) atoms. The quantitative estimate of drug-likeness (QED) is 0.669. The molecule has 0 spiro atoms. The van der Waals surface area contributed by atoms with Crippen LogP contribution in [0.4, 0.5) is 4.79 Å². The van der Waals surface area contributed by atoms with E-state index < -0.39 is 5.97 Å². The highest BCUT2D eigenvalue weighted by atomic mass is 16.4. The summed E-state index contributed by atoms with van der Waals surface area (Å²) in [5.74, 6) is -1.35. The minimum atomic E-state index is -1.08. The van der Waals surface area contributed by atoms with Gasteiger partial charge in [0.1, 0.15) is 0 Å². The summed E-state index contributed by atoms with van der Waals surface area (Å²) in [7, 11) is 0. The number of hydrogen-bond donors (Lipinski definition) is 2. The molecule has 0 aliphatic carbocycles. The molecule has 2 fully saturated rings. The summed E-state index contributed by atoms with van der Waals surface area (Å²) >= 11 is 0. The van der Waals surface area contributed by atoms with Gasteiger partial charge in [-0.15, -0.1) is 0 Å². The topological polar surface area (TPSA) is 90.0 Å². The standard InChI is InChI=1S/C12H17N3O4/c1-7(8(2)11(17)18)10(16)14-3-4-15-9(6-14)5-13-12(15)19/h9H,3-6H2,1-2H3,(H,13,19)(H,17,18). The number of fused-ring (bicyclic) bond motifs is 1. The van der Waals surface area contributed by atoms with Gasteiger partial charge in [0.15, 0.2) is 0 Å². The normalized spacial score (nSPS) is 23.7. The van der Waals surface area contributed by atoms with Crippen LogP contribution in [0.3, 0.4) is 0 Å². The van der Waals surface area contributed by atoms with Crippen molar-refractivity contribution in [1.29, 1.82) is 0 Å². The Labute approximate surface area is 110 Å². The second-order valence-corrected chi connectivity index (χ2v) is 4.84. The Morgan fingerprint density at radius 3 is 2.58 bits per heavy atom. The Hall–Kier alpha value is -2.05. The molecule has 0 bridgehead atoms. The van der Waals surface area contributed by atoms with Crippen molar-refractivity contribution < 1.29 is 19.5 Å². The van der Waals surface area contributed by atoms with E-state index in [1.54, 1.807) is 9.80 Å². The first-order valence-corrected chi connectivity index (χ1v) is 6.16. The highest BCUT2D eigenvalue weighted by Crippen LogP contribution is 2.17. The molecule has 2 saturated heterocycles. The van der Waals surface area contributed by atoms with Crippen molar-refractivity contribution in [3.8, 4) is 0 Å². The van der Waals surface area contributed by atoms with Crippen LogP contribution in [0.25, 0.3) is 0 Å². The Balaban J connectivity index is 2.08. The summed E-state index contributed by atoms with van der Waals surface area (Å²) in [5.41, 5.74) is 0.311. The van der Waals surface area contributed by atoms with E-state index in [0.29, 0.717) is 26.2 Å². The van der Waals surface area contributed by atoms with Gasteiger partial charge >= 0.3 is 12.0 Å². The van der Waals surface area contributed by atoms with E-state index in [1.165, 1.54) is 13.8 Å².